The number of phenolic OH excluding ortho intramolecular Hbond substituents is 1. The monoisotopic (exact) mass is 276 g/mol. The van der Waals surface area contributed by atoms with E-state index in [2.05, 4.69) is 12.2 Å². The molecule has 0 spiro atoms. The molecule has 1 unspecified atom stereocenters. The topological polar surface area (TPSA) is 52.6 Å². The van der Waals surface area contributed by atoms with Crippen LogP contribution in [0.2, 0.25) is 0 Å². The number of amides is 1. The van der Waals surface area contributed by atoms with E-state index in [0.717, 1.165) is 44.5 Å². The zero-order valence-corrected chi connectivity index (χ0v) is 12.4. The van der Waals surface area contributed by atoms with Gasteiger partial charge in [-0.05, 0) is 44.4 Å². The predicted molar refractivity (Wildman–Crippen MR) is 80.1 cm³/mol. The Morgan fingerprint density at radius 1 is 1.50 bits per heavy atom. The summed E-state index contributed by atoms with van der Waals surface area (Å²) in [4.78, 5) is 14.7. The fourth-order valence-electron chi connectivity index (χ4n) is 2.78. The predicted octanol–water partition coefficient (Wildman–Crippen LogP) is 2.30. The van der Waals surface area contributed by atoms with Crippen molar-refractivity contribution < 1.29 is 9.90 Å². The number of rotatable bonds is 4. The van der Waals surface area contributed by atoms with Crippen LogP contribution < -0.4 is 5.32 Å². The number of carbonyl (C=O) groups is 1. The quantitative estimate of drug-likeness (QED) is 0.887. The van der Waals surface area contributed by atoms with Crippen LogP contribution in [-0.4, -0.2) is 41.6 Å². The molecule has 1 aliphatic rings. The zero-order chi connectivity index (χ0) is 14.5. The molecule has 1 aromatic rings. The third kappa shape index (κ3) is 3.12. The van der Waals surface area contributed by atoms with Gasteiger partial charge in [0.1, 0.15) is 5.75 Å². The first-order valence-corrected chi connectivity index (χ1v) is 7.45. The van der Waals surface area contributed by atoms with Crippen molar-refractivity contribution in [3.05, 3.63) is 29.3 Å². The minimum absolute atomic E-state index is 0.0539. The summed E-state index contributed by atoms with van der Waals surface area (Å²) in [6.07, 6.45) is 3.05. The molecule has 4 heteroatoms. The Labute approximate surface area is 120 Å². The molecule has 1 aromatic carbocycles. The van der Waals surface area contributed by atoms with Crippen molar-refractivity contribution in [2.45, 2.75) is 39.2 Å². The minimum Gasteiger partial charge on any atom is -0.507 e. The molecule has 2 rings (SSSR count). The van der Waals surface area contributed by atoms with E-state index in [1.807, 2.05) is 24.0 Å². The summed E-state index contributed by atoms with van der Waals surface area (Å²) < 4.78 is 0. The molecule has 4 nitrogen and oxygen atoms in total. The van der Waals surface area contributed by atoms with Crippen LogP contribution in [0.15, 0.2) is 18.2 Å². The molecule has 1 atom stereocenters. The molecule has 1 fully saturated rings. The molecule has 0 saturated carbocycles. The van der Waals surface area contributed by atoms with E-state index in [-0.39, 0.29) is 17.7 Å². The van der Waals surface area contributed by atoms with Crippen molar-refractivity contribution in [3.8, 4) is 5.75 Å². The van der Waals surface area contributed by atoms with Crippen LogP contribution >= 0.6 is 0 Å². The third-order valence-corrected chi connectivity index (χ3v) is 3.91. The SMILES string of the molecule is CCCN(C(=O)c1cccc(C)c1O)C1CCCNC1. The Bertz CT molecular complexity index is 468. The normalized spacial score (nSPS) is 18.8. The Hall–Kier alpha value is -1.55. The summed E-state index contributed by atoms with van der Waals surface area (Å²) in [5.74, 6) is 0.0594. The summed E-state index contributed by atoms with van der Waals surface area (Å²) >= 11 is 0. The molecule has 110 valence electrons. The van der Waals surface area contributed by atoms with E-state index in [1.54, 1.807) is 6.07 Å². The lowest BCUT2D eigenvalue weighted by atomic mass is 10.0. The first-order valence-electron chi connectivity index (χ1n) is 7.45. The Kier molecular flexibility index (Phi) is 5.01. The maximum atomic E-state index is 12.7. The lowest BCUT2D eigenvalue weighted by molar-refractivity contribution is 0.0646. The summed E-state index contributed by atoms with van der Waals surface area (Å²) in [7, 11) is 0. The number of benzene rings is 1. The van der Waals surface area contributed by atoms with Crippen LogP contribution in [0.1, 0.15) is 42.1 Å². The van der Waals surface area contributed by atoms with E-state index in [4.69, 9.17) is 0 Å². The number of phenols is 1. The van der Waals surface area contributed by atoms with Gasteiger partial charge >= 0.3 is 0 Å². The van der Waals surface area contributed by atoms with Gasteiger partial charge in [0, 0.05) is 19.1 Å². The second kappa shape index (κ2) is 6.75. The molecular formula is C16H24N2O2. The average molecular weight is 276 g/mol. The Morgan fingerprint density at radius 2 is 2.30 bits per heavy atom. The number of aromatic hydroxyl groups is 1. The largest absolute Gasteiger partial charge is 0.507 e. The maximum Gasteiger partial charge on any atom is 0.257 e. The van der Waals surface area contributed by atoms with E-state index in [1.165, 1.54) is 0 Å². The van der Waals surface area contributed by atoms with E-state index >= 15 is 0 Å². The van der Waals surface area contributed by atoms with Crippen LogP contribution in [0.4, 0.5) is 0 Å². The molecule has 0 aromatic heterocycles. The maximum absolute atomic E-state index is 12.7. The second-order valence-corrected chi connectivity index (χ2v) is 5.47. The highest BCUT2D eigenvalue weighted by molar-refractivity contribution is 5.97. The number of piperidine rings is 1. The smallest absolute Gasteiger partial charge is 0.257 e. The molecule has 1 aliphatic heterocycles. The summed E-state index contributed by atoms with van der Waals surface area (Å²) in [5.41, 5.74) is 1.16. The highest BCUT2D eigenvalue weighted by atomic mass is 16.3. The summed E-state index contributed by atoms with van der Waals surface area (Å²) in [5, 5.41) is 13.5. The van der Waals surface area contributed by atoms with Crippen molar-refractivity contribution in [3.63, 3.8) is 0 Å². The van der Waals surface area contributed by atoms with Crippen LogP contribution in [-0.2, 0) is 0 Å². The van der Waals surface area contributed by atoms with Gasteiger partial charge in [-0.3, -0.25) is 4.79 Å². The lowest BCUT2D eigenvalue weighted by Gasteiger charge is -2.35. The Morgan fingerprint density at radius 3 is 2.95 bits per heavy atom. The molecule has 1 saturated heterocycles. The molecule has 20 heavy (non-hydrogen) atoms. The van der Waals surface area contributed by atoms with Gasteiger partial charge in [0.25, 0.3) is 5.91 Å². The van der Waals surface area contributed by atoms with Crippen LogP contribution in [0.5, 0.6) is 5.75 Å². The number of carbonyl (C=O) groups excluding carboxylic acids is 1. The zero-order valence-electron chi connectivity index (χ0n) is 12.4. The number of hydrogen-bond acceptors (Lipinski definition) is 3. The molecule has 1 amide bonds. The van der Waals surface area contributed by atoms with E-state index in [0.29, 0.717) is 5.56 Å². The van der Waals surface area contributed by atoms with Crippen LogP contribution in [0.3, 0.4) is 0 Å². The Balaban J connectivity index is 2.23. The average Bonchev–Trinajstić information content (AvgIpc) is 2.48. The van der Waals surface area contributed by atoms with E-state index < -0.39 is 0 Å². The molecule has 1 heterocycles. The first-order chi connectivity index (χ1) is 9.65. The molecule has 0 radical (unpaired) electrons. The highest BCUT2D eigenvalue weighted by Crippen LogP contribution is 2.24. The fraction of sp³-hybridized carbons (Fsp3) is 0.562. The number of nitrogens with one attached hydrogen (secondary N) is 1. The van der Waals surface area contributed by atoms with Gasteiger partial charge < -0.3 is 15.3 Å². The van der Waals surface area contributed by atoms with Gasteiger partial charge in [0.05, 0.1) is 5.56 Å². The molecule has 0 bridgehead atoms. The van der Waals surface area contributed by atoms with Gasteiger partial charge in [0.15, 0.2) is 0 Å². The van der Waals surface area contributed by atoms with Crippen LogP contribution in [0.25, 0.3) is 0 Å². The lowest BCUT2D eigenvalue weighted by Crippen LogP contribution is -2.49. The first kappa shape index (κ1) is 14.9. The van der Waals surface area contributed by atoms with Gasteiger partial charge in [-0.15, -0.1) is 0 Å². The minimum atomic E-state index is -0.0539. The standard InChI is InChI=1S/C16H24N2O2/c1-3-10-18(13-7-5-9-17-11-13)16(20)14-8-4-6-12(2)15(14)19/h4,6,8,13,17,19H,3,5,7,9-11H2,1-2H3. The van der Waals surface area contributed by atoms with Crippen molar-refractivity contribution in [2.24, 2.45) is 0 Å². The number of aryl methyl sites for hydroxylation is 1. The van der Waals surface area contributed by atoms with Crippen LogP contribution in [0, 0.1) is 6.92 Å². The van der Waals surface area contributed by atoms with Gasteiger partial charge in [0.2, 0.25) is 0 Å². The van der Waals surface area contributed by atoms with Crippen molar-refractivity contribution in [1.82, 2.24) is 10.2 Å². The third-order valence-electron chi connectivity index (χ3n) is 3.91. The number of hydrogen-bond donors (Lipinski definition) is 2. The van der Waals surface area contributed by atoms with Gasteiger partial charge in [-0.1, -0.05) is 19.1 Å². The highest BCUT2D eigenvalue weighted by Gasteiger charge is 2.27. The molecule has 0 aliphatic carbocycles. The fourth-order valence-corrected chi connectivity index (χ4v) is 2.78. The molecular weight excluding hydrogens is 252 g/mol. The van der Waals surface area contributed by atoms with Gasteiger partial charge in [-0.25, -0.2) is 0 Å². The van der Waals surface area contributed by atoms with E-state index in [9.17, 15) is 9.90 Å². The molecule has 2 N–H and O–H groups in total. The van der Waals surface area contributed by atoms with Crippen molar-refractivity contribution in [1.29, 1.82) is 0 Å². The second-order valence-electron chi connectivity index (χ2n) is 5.47. The van der Waals surface area contributed by atoms with Crippen molar-refractivity contribution >= 4 is 5.91 Å². The number of para-hydroxylation sites is 1. The summed E-state index contributed by atoms with van der Waals surface area (Å²) in [6, 6.07) is 5.59. The number of nitrogens with zero attached hydrogens (tertiary/aromatic N) is 1. The summed E-state index contributed by atoms with van der Waals surface area (Å²) in [6.45, 7) is 6.50. The van der Waals surface area contributed by atoms with Gasteiger partial charge in [-0.2, -0.15) is 0 Å². The van der Waals surface area contributed by atoms with Crippen molar-refractivity contribution in [2.75, 3.05) is 19.6 Å².